The maximum atomic E-state index is 14.0. The quantitative estimate of drug-likeness (QED) is 0.592. The number of H-pyrrole nitrogens is 1. The molecule has 0 radical (unpaired) electrons. The average Bonchev–Trinajstić information content (AvgIpc) is 2.55. The largest absolute Gasteiger partial charge is 0.416 e. The average molecular weight is 365 g/mol. The van der Waals surface area contributed by atoms with E-state index in [1.165, 1.54) is 24.3 Å². The van der Waals surface area contributed by atoms with Gasteiger partial charge in [0.05, 0.1) is 11.1 Å². The van der Waals surface area contributed by atoms with Crippen molar-refractivity contribution in [1.29, 1.82) is 0 Å². The van der Waals surface area contributed by atoms with Crippen molar-refractivity contribution in [2.45, 2.75) is 6.18 Å². The van der Waals surface area contributed by atoms with Crippen LogP contribution in [0.4, 0.5) is 33.7 Å². The molecular formula is C17H11F4N3O2. The maximum absolute atomic E-state index is 14.0. The van der Waals surface area contributed by atoms with Gasteiger partial charge in [0.1, 0.15) is 5.82 Å². The summed E-state index contributed by atoms with van der Waals surface area (Å²) in [5.41, 5.74) is -1.38. The molecule has 26 heavy (non-hydrogen) atoms. The number of nitrogens with one attached hydrogen (secondary N) is 3. The van der Waals surface area contributed by atoms with Gasteiger partial charge >= 0.3 is 12.2 Å². The van der Waals surface area contributed by atoms with Crippen LogP contribution in [0.3, 0.4) is 0 Å². The number of alkyl halides is 3. The van der Waals surface area contributed by atoms with Crippen molar-refractivity contribution >= 4 is 28.3 Å². The number of hydrogen-bond donors (Lipinski definition) is 3. The van der Waals surface area contributed by atoms with E-state index in [4.69, 9.17) is 0 Å². The molecule has 0 aliphatic carbocycles. The number of pyridine rings is 1. The van der Waals surface area contributed by atoms with E-state index in [1.54, 1.807) is 0 Å². The molecule has 1 aromatic heterocycles. The first-order valence-corrected chi connectivity index (χ1v) is 7.30. The van der Waals surface area contributed by atoms with Crippen LogP contribution in [0.25, 0.3) is 10.9 Å². The van der Waals surface area contributed by atoms with Gasteiger partial charge in [-0.15, -0.1) is 0 Å². The lowest BCUT2D eigenvalue weighted by molar-refractivity contribution is -0.137. The number of urea groups is 1. The van der Waals surface area contributed by atoms with Crippen LogP contribution in [-0.4, -0.2) is 11.0 Å². The Morgan fingerprint density at radius 1 is 0.962 bits per heavy atom. The first kappa shape index (κ1) is 17.5. The van der Waals surface area contributed by atoms with Crippen LogP contribution in [0.2, 0.25) is 0 Å². The van der Waals surface area contributed by atoms with Gasteiger partial charge in [0, 0.05) is 22.8 Å². The lowest BCUT2D eigenvalue weighted by atomic mass is 10.2. The molecule has 0 aliphatic heterocycles. The highest BCUT2D eigenvalue weighted by Crippen LogP contribution is 2.30. The van der Waals surface area contributed by atoms with Gasteiger partial charge in [-0.1, -0.05) is 6.07 Å². The minimum atomic E-state index is -4.54. The molecule has 2 aromatic carbocycles. The second kappa shape index (κ2) is 6.51. The van der Waals surface area contributed by atoms with Gasteiger partial charge in [-0.2, -0.15) is 13.2 Å². The number of carbonyl (C=O) groups is 1. The highest BCUT2D eigenvalue weighted by Gasteiger charge is 2.30. The van der Waals surface area contributed by atoms with Crippen LogP contribution < -0.4 is 16.2 Å². The third kappa shape index (κ3) is 3.82. The molecule has 5 nitrogen and oxygen atoms in total. The van der Waals surface area contributed by atoms with Crippen LogP contribution in [0.5, 0.6) is 0 Å². The van der Waals surface area contributed by atoms with Crippen molar-refractivity contribution in [3.63, 3.8) is 0 Å². The summed E-state index contributed by atoms with van der Waals surface area (Å²) in [7, 11) is 0. The van der Waals surface area contributed by atoms with Crippen LogP contribution in [0, 0.1) is 5.82 Å². The van der Waals surface area contributed by atoms with Gasteiger partial charge in [0.25, 0.3) is 0 Å². The number of halogens is 4. The predicted octanol–water partition coefficient (Wildman–Crippen LogP) is 4.33. The van der Waals surface area contributed by atoms with Gasteiger partial charge in [0.2, 0.25) is 5.56 Å². The zero-order chi connectivity index (χ0) is 18.9. The summed E-state index contributed by atoms with van der Waals surface area (Å²) in [5.74, 6) is -0.755. The van der Waals surface area contributed by atoms with Gasteiger partial charge in [-0.3, -0.25) is 4.79 Å². The minimum absolute atomic E-state index is 0.0127. The lowest BCUT2D eigenvalue weighted by Crippen LogP contribution is -2.20. The number of benzene rings is 2. The van der Waals surface area contributed by atoms with E-state index in [9.17, 15) is 27.2 Å². The maximum Gasteiger partial charge on any atom is 0.416 e. The van der Waals surface area contributed by atoms with Crippen LogP contribution >= 0.6 is 0 Å². The molecule has 3 N–H and O–H groups in total. The summed E-state index contributed by atoms with van der Waals surface area (Å²) >= 11 is 0. The number of carbonyl (C=O) groups excluding carboxylic acids is 1. The second-order valence-corrected chi connectivity index (χ2v) is 5.40. The van der Waals surface area contributed by atoms with E-state index < -0.39 is 29.1 Å². The molecule has 0 atom stereocenters. The van der Waals surface area contributed by atoms with E-state index in [2.05, 4.69) is 15.6 Å². The number of aromatic amines is 1. The Kier molecular flexibility index (Phi) is 4.37. The van der Waals surface area contributed by atoms with Gasteiger partial charge in [-0.25, -0.2) is 9.18 Å². The van der Waals surface area contributed by atoms with Gasteiger partial charge in [-0.05, 0) is 36.4 Å². The first-order valence-electron chi connectivity index (χ1n) is 7.30. The molecule has 134 valence electrons. The molecule has 0 fully saturated rings. The molecule has 9 heteroatoms. The minimum Gasteiger partial charge on any atom is -0.319 e. The molecule has 3 aromatic rings. The van der Waals surface area contributed by atoms with Crippen LogP contribution in [-0.2, 0) is 6.18 Å². The van der Waals surface area contributed by atoms with E-state index >= 15 is 0 Å². The molecule has 2 amide bonds. The SMILES string of the molecule is O=C(Nc1cccc(C(F)(F)F)c1)Nc1cc(F)c2[nH]c(=O)ccc2c1. The third-order valence-corrected chi connectivity index (χ3v) is 3.49. The fraction of sp³-hybridized carbons (Fsp3) is 0.0588. The number of anilines is 2. The van der Waals surface area contributed by atoms with E-state index in [0.717, 1.165) is 24.3 Å². The number of amides is 2. The smallest absolute Gasteiger partial charge is 0.319 e. The van der Waals surface area contributed by atoms with E-state index in [1.807, 2.05) is 0 Å². The summed E-state index contributed by atoms with van der Waals surface area (Å²) in [4.78, 5) is 25.5. The van der Waals surface area contributed by atoms with Gasteiger partial charge < -0.3 is 15.6 Å². The number of aromatic nitrogens is 1. The third-order valence-electron chi connectivity index (χ3n) is 3.49. The standard InChI is InChI=1S/C17H11F4N3O2/c18-13-8-12(6-9-4-5-14(25)24-15(9)13)23-16(26)22-11-3-1-2-10(7-11)17(19,20)21/h1-8H,(H,24,25)(H2,22,23,26). The van der Waals surface area contributed by atoms with Crippen molar-refractivity contribution in [2.75, 3.05) is 10.6 Å². The monoisotopic (exact) mass is 365 g/mol. The number of fused-ring (bicyclic) bond motifs is 1. The Hall–Kier alpha value is -3.36. The molecule has 0 saturated heterocycles. The van der Waals surface area contributed by atoms with Gasteiger partial charge in [0.15, 0.2) is 0 Å². The zero-order valence-electron chi connectivity index (χ0n) is 12.9. The molecule has 0 unspecified atom stereocenters. The van der Waals surface area contributed by atoms with Crippen molar-refractivity contribution in [3.8, 4) is 0 Å². The van der Waals surface area contributed by atoms with E-state index in [-0.39, 0.29) is 16.9 Å². The summed E-state index contributed by atoms with van der Waals surface area (Å²) < 4.78 is 52.1. The zero-order valence-corrected chi connectivity index (χ0v) is 12.9. The highest BCUT2D eigenvalue weighted by molar-refractivity contribution is 6.01. The molecule has 0 saturated carbocycles. The molecule has 0 bridgehead atoms. The summed E-state index contributed by atoms with van der Waals surface area (Å²) in [6, 6.07) is 8.26. The predicted molar refractivity (Wildman–Crippen MR) is 88.6 cm³/mol. The fourth-order valence-electron chi connectivity index (χ4n) is 2.36. The van der Waals surface area contributed by atoms with Crippen molar-refractivity contribution < 1.29 is 22.4 Å². The molecule has 3 rings (SSSR count). The van der Waals surface area contributed by atoms with Crippen molar-refractivity contribution in [3.05, 3.63) is 70.3 Å². The van der Waals surface area contributed by atoms with Crippen LogP contribution in [0.1, 0.15) is 5.56 Å². The second-order valence-electron chi connectivity index (χ2n) is 5.40. The molecule has 1 heterocycles. The molecule has 0 spiro atoms. The fourth-order valence-corrected chi connectivity index (χ4v) is 2.36. The lowest BCUT2D eigenvalue weighted by Gasteiger charge is -2.11. The Labute approximate surface area is 143 Å². The number of rotatable bonds is 2. The number of hydrogen-bond acceptors (Lipinski definition) is 2. The molecule has 0 aliphatic rings. The Balaban J connectivity index is 1.79. The topological polar surface area (TPSA) is 74.0 Å². The normalized spacial score (nSPS) is 11.4. The van der Waals surface area contributed by atoms with Crippen molar-refractivity contribution in [1.82, 2.24) is 4.98 Å². The summed E-state index contributed by atoms with van der Waals surface area (Å²) in [6.45, 7) is 0. The summed E-state index contributed by atoms with van der Waals surface area (Å²) in [5, 5.41) is 4.93. The Bertz CT molecular complexity index is 1040. The Morgan fingerprint density at radius 3 is 2.42 bits per heavy atom. The van der Waals surface area contributed by atoms with E-state index in [0.29, 0.717) is 5.39 Å². The van der Waals surface area contributed by atoms with Crippen molar-refractivity contribution in [2.24, 2.45) is 0 Å². The first-order chi connectivity index (χ1) is 12.2. The molecular weight excluding hydrogens is 354 g/mol. The summed E-state index contributed by atoms with van der Waals surface area (Å²) in [6.07, 6.45) is -4.54. The van der Waals surface area contributed by atoms with Crippen LogP contribution in [0.15, 0.2) is 53.3 Å². The Morgan fingerprint density at radius 2 is 1.69 bits per heavy atom. The highest BCUT2D eigenvalue weighted by atomic mass is 19.4.